The Morgan fingerprint density at radius 1 is 1.03 bits per heavy atom. The third-order valence-corrected chi connectivity index (χ3v) is 5.72. The Kier molecular flexibility index (Phi) is 8.57. The average molecular weight is 434 g/mol. The van der Waals surface area contributed by atoms with Crippen LogP contribution in [0.2, 0.25) is 0 Å². The van der Waals surface area contributed by atoms with Crippen LogP contribution < -0.4 is 16.4 Å². The van der Waals surface area contributed by atoms with Crippen molar-refractivity contribution in [2.75, 3.05) is 6.61 Å². The summed E-state index contributed by atoms with van der Waals surface area (Å²) in [6.07, 6.45) is 5.21. The number of rotatable bonds is 8. The molecule has 2 aromatic carbocycles. The minimum Gasteiger partial charge on any atom is -0.388 e. The number of aliphatic hydroxyl groups is 1. The predicted octanol–water partition coefficient (Wildman–Crippen LogP) is 2.13. The van der Waals surface area contributed by atoms with Crippen LogP contribution in [0.4, 0.5) is 0 Å². The van der Waals surface area contributed by atoms with E-state index in [9.17, 15) is 9.59 Å². The lowest BCUT2D eigenvalue weighted by atomic mass is 10.0. The standard InChI is InChI=1S/C26H31N3O3/c1-18(27)25(24(31)17-30)29-26(32)22-14-12-20(13-15-22)7-6-19-8-10-21(11-9-19)16-28-23-4-2-3-5-23/h8-15,18,23,25,28,30H,2-5,16-17,27H2,1H3,(H,29,32)/t18-,25+/m1/s1. The molecule has 3 rings (SSSR count). The second kappa shape index (κ2) is 11.6. The first-order chi connectivity index (χ1) is 15.5. The highest BCUT2D eigenvalue weighted by atomic mass is 16.3. The van der Waals surface area contributed by atoms with Gasteiger partial charge in [-0.05, 0) is 61.7 Å². The quantitative estimate of drug-likeness (QED) is 0.478. The Hall–Kier alpha value is -2.98. The van der Waals surface area contributed by atoms with Gasteiger partial charge in [0.25, 0.3) is 5.91 Å². The maximum Gasteiger partial charge on any atom is 0.251 e. The maximum absolute atomic E-state index is 12.4. The number of aliphatic hydroxyl groups excluding tert-OH is 1. The van der Waals surface area contributed by atoms with Crippen molar-refractivity contribution in [1.29, 1.82) is 0 Å². The summed E-state index contributed by atoms with van der Waals surface area (Å²) in [5, 5.41) is 15.2. The summed E-state index contributed by atoms with van der Waals surface area (Å²) in [7, 11) is 0. The Morgan fingerprint density at radius 2 is 1.59 bits per heavy atom. The van der Waals surface area contributed by atoms with Gasteiger partial charge in [-0.15, -0.1) is 0 Å². The predicted molar refractivity (Wildman–Crippen MR) is 125 cm³/mol. The minimum absolute atomic E-state index is 0.394. The van der Waals surface area contributed by atoms with Gasteiger partial charge in [0.15, 0.2) is 5.78 Å². The van der Waals surface area contributed by atoms with Crippen LogP contribution in [-0.2, 0) is 11.3 Å². The molecule has 0 heterocycles. The highest BCUT2D eigenvalue weighted by Crippen LogP contribution is 2.18. The molecule has 6 nitrogen and oxygen atoms in total. The fraction of sp³-hybridized carbons (Fsp3) is 0.385. The molecule has 5 N–H and O–H groups in total. The van der Waals surface area contributed by atoms with Crippen LogP contribution in [0.3, 0.4) is 0 Å². The number of ketones is 1. The van der Waals surface area contributed by atoms with E-state index < -0.39 is 30.4 Å². The van der Waals surface area contributed by atoms with E-state index in [4.69, 9.17) is 10.8 Å². The molecule has 0 spiro atoms. The number of nitrogens with one attached hydrogen (secondary N) is 2. The van der Waals surface area contributed by atoms with E-state index in [1.165, 1.54) is 31.2 Å². The first kappa shape index (κ1) is 23.7. The lowest BCUT2D eigenvalue weighted by Crippen LogP contribution is -2.52. The zero-order valence-corrected chi connectivity index (χ0v) is 18.4. The van der Waals surface area contributed by atoms with Crippen molar-refractivity contribution in [2.45, 2.75) is 57.3 Å². The molecule has 32 heavy (non-hydrogen) atoms. The fourth-order valence-corrected chi connectivity index (χ4v) is 3.78. The fourth-order valence-electron chi connectivity index (χ4n) is 3.78. The van der Waals surface area contributed by atoms with Crippen molar-refractivity contribution in [3.05, 3.63) is 70.8 Å². The van der Waals surface area contributed by atoms with Crippen molar-refractivity contribution in [3.63, 3.8) is 0 Å². The number of carbonyl (C=O) groups is 2. The van der Waals surface area contributed by atoms with E-state index in [1.807, 2.05) is 12.1 Å². The molecule has 2 atom stereocenters. The molecule has 168 valence electrons. The number of hydrogen-bond acceptors (Lipinski definition) is 5. The van der Waals surface area contributed by atoms with Gasteiger partial charge in [0.2, 0.25) is 0 Å². The van der Waals surface area contributed by atoms with E-state index in [-0.39, 0.29) is 0 Å². The summed E-state index contributed by atoms with van der Waals surface area (Å²) in [6.45, 7) is 1.82. The van der Waals surface area contributed by atoms with Crippen LogP contribution in [0.25, 0.3) is 0 Å². The van der Waals surface area contributed by atoms with Gasteiger partial charge in [-0.1, -0.05) is 36.8 Å². The second-order valence-corrected chi connectivity index (χ2v) is 8.32. The molecule has 0 aromatic heterocycles. The van der Waals surface area contributed by atoms with Crippen LogP contribution in [0.1, 0.15) is 59.7 Å². The Bertz CT molecular complexity index is 966. The molecule has 1 fully saturated rings. The summed E-state index contributed by atoms with van der Waals surface area (Å²) < 4.78 is 0. The topological polar surface area (TPSA) is 104 Å². The molecule has 1 aliphatic carbocycles. The maximum atomic E-state index is 12.4. The summed E-state index contributed by atoms with van der Waals surface area (Å²) in [4.78, 5) is 24.1. The van der Waals surface area contributed by atoms with Crippen molar-refractivity contribution < 1.29 is 14.7 Å². The van der Waals surface area contributed by atoms with Crippen LogP contribution in [0.5, 0.6) is 0 Å². The number of benzene rings is 2. The molecule has 2 aromatic rings. The molecule has 0 bridgehead atoms. The molecule has 1 aliphatic rings. The summed E-state index contributed by atoms with van der Waals surface area (Å²) >= 11 is 0. The Balaban J connectivity index is 1.56. The van der Waals surface area contributed by atoms with Crippen LogP contribution in [0.15, 0.2) is 48.5 Å². The van der Waals surface area contributed by atoms with Crippen molar-refractivity contribution in [3.8, 4) is 11.8 Å². The third-order valence-electron chi connectivity index (χ3n) is 5.72. The Morgan fingerprint density at radius 3 is 2.12 bits per heavy atom. The third kappa shape index (κ3) is 6.76. The monoisotopic (exact) mass is 433 g/mol. The van der Waals surface area contributed by atoms with E-state index in [0.29, 0.717) is 11.6 Å². The zero-order valence-electron chi connectivity index (χ0n) is 18.4. The molecule has 0 unspecified atom stereocenters. The minimum atomic E-state index is -0.927. The van der Waals surface area contributed by atoms with E-state index >= 15 is 0 Å². The number of hydrogen-bond donors (Lipinski definition) is 4. The van der Waals surface area contributed by atoms with Crippen molar-refractivity contribution >= 4 is 11.7 Å². The summed E-state index contributed by atoms with van der Waals surface area (Å²) in [5.41, 5.74) is 9.10. The smallest absolute Gasteiger partial charge is 0.251 e. The van der Waals surface area contributed by atoms with E-state index in [2.05, 4.69) is 34.6 Å². The highest BCUT2D eigenvalue weighted by molar-refractivity contribution is 5.98. The first-order valence-electron chi connectivity index (χ1n) is 11.1. The van der Waals surface area contributed by atoms with Crippen LogP contribution in [-0.4, -0.2) is 41.5 Å². The van der Waals surface area contributed by atoms with Gasteiger partial charge in [0.05, 0.1) is 0 Å². The lowest BCUT2D eigenvalue weighted by Gasteiger charge is -2.20. The highest BCUT2D eigenvalue weighted by Gasteiger charge is 2.24. The Labute approximate surface area is 189 Å². The normalized spacial score (nSPS) is 15.5. The van der Waals surface area contributed by atoms with Crippen LogP contribution >= 0.6 is 0 Å². The van der Waals surface area contributed by atoms with Crippen molar-refractivity contribution in [1.82, 2.24) is 10.6 Å². The molecular weight excluding hydrogens is 402 g/mol. The van der Waals surface area contributed by atoms with Crippen molar-refractivity contribution in [2.24, 2.45) is 5.73 Å². The summed E-state index contributed by atoms with van der Waals surface area (Å²) in [5.74, 6) is 5.31. The van der Waals surface area contributed by atoms with Gasteiger partial charge in [-0.2, -0.15) is 0 Å². The van der Waals surface area contributed by atoms with Gasteiger partial charge in [0.1, 0.15) is 12.6 Å². The van der Waals surface area contributed by atoms with Crippen LogP contribution in [0, 0.1) is 11.8 Å². The van der Waals surface area contributed by atoms with Gasteiger partial charge < -0.3 is 21.5 Å². The molecule has 1 saturated carbocycles. The van der Waals surface area contributed by atoms with Gasteiger partial charge >= 0.3 is 0 Å². The molecule has 0 saturated heterocycles. The number of nitrogens with two attached hydrogens (primary N) is 1. The molecule has 1 amide bonds. The van der Waals surface area contributed by atoms with Gasteiger partial charge in [-0.3, -0.25) is 9.59 Å². The average Bonchev–Trinajstić information content (AvgIpc) is 3.34. The van der Waals surface area contributed by atoms with Gasteiger partial charge in [-0.25, -0.2) is 0 Å². The SMILES string of the molecule is C[C@@H](N)[C@H](NC(=O)c1ccc(C#Cc2ccc(CNC3CCCC3)cc2)cc1)C(=O)CO. The molecular formula is C26H31N3O3. The first-order valence-corrected chi connectivity index (χ1v) is 11.1. The van der Waals surface area contributed by atoms with E-state index in [0.717, 1.165) is 17.7 Å². The molecule has 0 radical (unpaired) electrons. The molecule has 6 heteroatoms. The lowest BCUT2D eigenvalue weighted by molar-refractivity contribution is -0.123. The van der Waals surface area contributed by atoms with E-state index in [1.54, 1.807) is 31.2 Å². The second-order valence-electron chi connectivity index (χ2n) is 8.32. The molecule has 0 aliphatic heterocycles. The number of Topliss-reactive ketones (excluding diaryl/α,β-unsaturated/α-hetero) is 1. The number of amides is 1. The van der Waals surface area contributed by atoms with Gasteiger partial charge in [0, 0.05) is 35.3 Å². The zero-order chi connectivity index (χ0) is 22.9. The number of carbonyl (C=O) groups excluding carboxylic acids is 2. The largest absolute Gasteiger partial charge is 0.388 e. The summed E-state index contributed by atoms with van der Waals surface area (Å²) in [6, 6.07) is 14.2.